The Morgan fingerprint density at radius 1 is 1.06 bits per heavy atom. The van der Waals surface area contributed by atoms with Gasteiger partial charge < -0.3 is 10.2 Å². The second kappa shape index (κ2) is 10.0. The van der Waals surface area contributed by atoms with Gasteiger partial charge in [0.2, 0.25) is 16.0 Å². The van der Waals surface area contributed by atoms with Crippen molar-refractivity contribution in [1.29, 1.82) is 5.26 Å². The number of rotatable bonds is 8. The Balaban J connectivity index is 1.48. The SMILES string of the molecule is CN(C)c1ccc(-c2nc(NNc3csc(Nc4ccc(S(N)(=O)=O)cc4)n3)[nH]c(=O)c2C#N)cc1. The molecule has 6 N–H and O–H groups in total. The lowest BCUT2D eigenvalue weighted by Gasteiger charge is -2.13. The third-order valence-corrected chi connectivity index (χ3v) is 6.62. The highest BCUT2D eigenvalue weighted by atomic mass is 32.2. The molecule has 0 atom stereocenters. The molecule has 0 aliphatic carbocycles. The fourth-order valence-electron chi connectivity index (χ4n) is 3.13. The lowest BCUT2D eigenvalue weighted by Crippen LogP contribution is -2.20. The number of aromatic nitrogens is 3. The zero-order valence-corrected chi connectivity index (χ0v) is 20.7. The van der Waals surface area contributed by atoms with Crippen LogP contribution in [0.1, 0.15) is 5.56 Å². The third-order valence-electron chi connectivity index (χ3n) is 4.94. The molecule has 184 valence electrons. The lowest BCUT2D eigenvalue weighted by molar-refractivity contribution is 0.598. The number of primary sulfonamides is 1. The van der Waals surface area contributed by atoms with E-state index >= 15 is 0 Å². The van der Waals surface area contributed by atoms with Gasteiger partial charge in [0.15, 0.2) is 10.9 Å². The molecule has 4 aromatic rings. The standard InChI is InChI=1S/C22H21N9O3S2/c1-31(2)15-7-3-13(4-8-15)19-17(11-23)20(32)28-21(27-19)30-29-18-12-35-22(26-18)25-14-5-9-16(10-6-14)36(24,33)34/h3-10,12,29H,1-2H3,(H,25,26)(H2,24,33,34)(H2,27,28,30,32). The molecule has 0 saturated carbocycles. The van der Waals surface area contributed by atoms with Crippen LogP contribution in [0.5, 0.6) is 0 Å². The summed E-state index contributed by atoms with van der Waals surface area (Å²) in [5, 5.41) is 19.9. The van der Waals surface area contributed by atoms with Crippen LogP contribution in [0.4, 0.5) is 28.3 Å². The summed E-state index contributed by atoms with van der Waals surface area (Å²) in [7, 11) is 0.0642. The van der Waals surface area contributed by atoms with Crippen molar-refractivity contribution in [3.63, 3.8) is 0 Å². The highest BCUT2D eigenvalue weighted by molar-refractivity contribution is 7.89. The third kappa shape index (κ3) is 5.61. The maximum absolute atomic E-state index is 12.5. The van der Waals surface area contributed by atoms with E-state index in [4.69, 9.17) is 5.14 Å². The number of nitrogens with zero attached hydrogens (tertiary/aromatic N) is 4. The molecule has 2 heterocycles. The number of nitrogens with two attached hydrogens (primary N) is 1. The van der Waals surface area contributed by atoms with Crippen LogP contribution < -0.4 is 31.8 Å². The Kier molecular flexibility index (Phi) is 6.88. The van der Waals surface area contributed by atoms with Crippen molar-refractivity contribution in [3.05, 3.63) is 69.8 Å². The van der Waals surface area contributed by atoms with Gasteiger partial charge in [-0.1, -0.05) is 12.1 Å². The fourth-order valence-corrected chi connectivity index (χ4v) is 4.30. The summed E-state index contributed by atoms with van der Waals surface area (Å²) in [6, 6.07) is 15.2. The number of anilines is 5. The van der Waals surface area contributed by atoms with E-state index < -0.39 is 15.6 Å². The van der Waals surface area contributed by atoms with Crippen molar-refractivity contribution in [2.45, 2.75) is 4.90 Å². The molecule has 4 rings (SSSR count). The van der Waals surface area contributed by atoms with E-state index in [0.29, 0.717) is 22.2 Å². The Bertz CT molecular complexity index is 1590. The molecule has 12 nitrogen and oxygen atoms in total. The highest BCUT2D eigenvalue weighted by Gasteiger charge is 2.14. The first-order valence-electron chi connectivity index (χ1n) is 10.3. The van der Waals surface area contributed by atoms with E-state index in [-0.39, 0.29) is 22.1 Å². The van der Waals surface area contributed by atoms with E-state index in [9.17, 15) is 18.5 Å². The molecule has 0 radical (unpaired) electrons. The summed E-state index contributed by atoms with van der Waals surface area (Å²) in [5.41, 5.74) is 7.45. The molecule has 14 heteroatoms. The molecule has 0 unspecified atom stereocenters. The van der Waals surface area contributed by atoms with Crippen LogP contribution in [-0.2, 0) is 10.0 Å². The molecule has 2 aromatic carbocycles. The van der Waals surface area contributed by atoms with E-state index in [1.54, 1.807) is 29.6 Å². The van der Waals surface area contributed by atoms with Gasteiger partial charge in [0, 0.05) is 36.4 Å². The van der Waals surface area contributed by atoms with Gasteiger partial charge in [0.1, 0.15) is 11.6 Å². The Morgan fingerprint density at radius 3 is 2.36 bits per heavy atom. The molecule has 0 fully saturated rings. The summed E-state index contributed by atoms with van der Waals surface area (Å²) in [6.07, 6.45) is 0. The number of nitriles is 1. The van der Waals surface area contributed by atoms with Crippen LogP contribution in [0.3, 0.4) is 0 Å². The van der Waals surface area contributed by atoms with Crippen LogP contribution in [0, 0.1) is 11.3 Å². The quantitative estimate of drug-likeness (QED) is 0.215. The number of hydrogen-bond acceptors (Lipinski definition) is 11. The van der Waals surface area contributed by atoms with Crippen LogP contribution in [-0.4, -0.2) is 37.5 Å². The molecule has 0 aliphatic heterocycles. The summed E-state index contributed by atoms with van der Waals surface area (Å²) >= 11 is 1.30. The smallest absolute Gasteiger partial charge is 0.270 e. The number of thiazole rings is 1. The molecule has 0 amide bonds. The van der Waals surface area contributed by atoms with Crippen molar-refractivity contribution in [3.8, 4) is 17.3 Å². The molecule has 0 aliphatic rings. The second-order valence-electron chi connectivity index (χ2n) is 7.67. The van der Waals surface area contributed by atoms with E-state index in [2.05, 4.69) is 31.1 Å². The molecule has 0 spiro atoms. The number of hydrogen-bond donors (Lipinski definition) is 5. The van der Waals surface area contributed by atoms with Gasteiger partial charge in [-0.15, -0.1) is 11.3 Å². The number of hydrazine groups is 1. The topological polar surface area (TPSA) is 182 Å². The van der Waals surface area contributed by atoms with Gasteiger partial charge in [0.25, 0.3) is 5.56 Å². The van der Waals surface area contributed by atoms with Gasteiger partial charge in [-0.25, -0.2) is 23.5 Å². The van der Waals surface area contributed by atoms with Gasteiger partial charge >= 0.3 is 0 Å². The van der Waals surface area contributed by atoms with Crippen LogP contribution >= 0.6 is 11.3 Å². The van der Waals surface area contributed by atoms with Crippen molar-refractivity contribution < 1.29 is 8.42 Å². The second-order valence-corrected chi connectivity index (χ2v) is 10.1. The summed E-state index contributed by atoms with van der Waals surface area (Å²) in [6.45, 7) is 0. The minimum Gasteiger partial charge on any atom is -0.378 e. The zero-order valence-electron chi connectivity index (χ0n) is 19.1. The molecule has 2 aromatic heterocycles. The zero-order chi connectivity index (χ0) is 25.9. The van der Waals surface area contributed by atoms with Crippen molar-refractivity contribution in [2.75, 3.05) is 35.2 Å². The Hall–Kier alpha value is -4.45. The van der Waals surface area contributed by atoms with E-state index in [1.165, 1.54) is 23.5 Å². The number of nitrogens with one attached hydrogen (secondary N) is 4. The maximum atomic E-state index is 12.5. The van der Waals surface area contributed by atoms with Gasteiger partial charge in [-0.3, -0.25) is 20.6 Å². The molecule has 0 saturated heterocycles. The molecular weight excluding hydrogens is 502 g/mol. The van der Waals surface area contributed by atoms with Crippen molar-refractivity contribution in [2.24, 2.45) is 5.14 Å². The maximum Gasteiger partial charge on any atom is 0.270 e. The predicted molar refractivity (Wildman–Crippen MR) is 140 cm³/mol. The first-order valence-corrected chi connectivity index (χ1v) is 12.8. The van der Waals surface area contributed by atoms with Crippen LogP contribution in [0.25, 0.3) is 11.3 Å². The largest absolute Gasteiger partial charge is 0.378 e. The van der Waals surface area contributed by atoms with Crippen LogP contribution in [0.2, 0.25) is 0 Å². The highest BCUT2D eigenvalue weighted by Crippen LogP contribution is 2.25. The van der Waals surface area contributed by atoms with Crippen molar-refractivity contribution >= 4 is 49.6 Å². The van der Waals surface area contributed by atoms with E-state index in [1.807, 2.05) is 37.2 Å². The predicted octanol–water partition coefficient (Wildman–Crippen LogP) is 2.66. The number of H-pyrrole nitrogens is 1. The molecular formula is C22H21N9O3S2. The first-order chi connectivity index (χ1) is 17.1. The minimum absolute atomic E-state index is 0.00988. The lowest BCUT2D eigenvalue weighted by atomic mass is 10.1. The fraction of sp³-hybridized carbons (Fsp3) is 0.0909. The summed E-state index contributed by atoms with van der Waals surface area (Å²) in [5.74, 6) is 0.541. The molecule has 0 bridgehead atoms. The average Bonchev–Trinajstić information content (AvgIpc) is 3.29. The van der Waals surface area contributed by atoms with Gasteiger partial charge in [-0.2, -0.15) is 5.26 Å². The Labute approximate surface area is 210 Å². The van der Waals surface area contributed by atoms with Crippen LogP contribution in [0.15, 0.2) is 63.6 Å². The van der Waals surface area contributed by atoms with Gasteiger partial charge in [0.05, 0.1) is 10.6 Å². The number of aromatic amines is 1. The minimum atomic E-state index is -3.77. The number of sulfonamides is 1. The number of benzene rings is 2. The Morgan fingerprint density at radius 2 is 1.75 bits per heavy atom. The normalized spacial score (nSPS) is 10.9. The average molecular weight is 524 g/mol. The first kappa shape index (κ1) is 24.7. The van der Waals surface area contributed by atoms with Crippen molar-refractivity contribution in [1.82, 2.24) is 15.0 Å². The molecule has 36 heavy (non-hydrogen) atoms. The van der Waals surface area contributed by atoms with E-state index in [0.717, 1.165) is 5.69 Å². The monoisotopic (exact) mass is 523 g/mol. The summed E-state index contributed by atoms with van der Waals surface area (Å²) in [4.78, 5) is 25.7. The van der Waals surface area contributed by atoms with Gasteiger partial charge in [-0.05, 0) is 36.4 Å². The summed E-state index contributed by atoms with van der Waals surface area (Å²) < 4.78 is 22.8.